The summed E-state index contributed by atoms with van der Waals surface area (Å²) in [6.07, 6.45) is 2.80. The normalized spacial score (nSPS) is 17.6. The Morgan fingerprint density at radius 1 is 1.56 bits per heavy atom. The third-order valence-electron chi connectivity index (χ3n) is 3.25. The van der Waals surface area contributed by atoms with Crippen LogP contribution in [0.1, 0.15) is 19.3 Å². The molecule has 98 valence electrons. The summed E-state index contributed by atoms with van der Waals surface area (Å²) in [4.78, 5) is 0. The minimum absolute atomic E-state index is 0.123. The van der Waals surface area contributed by atoms with Gasteiger partial charge in [0.2, 0.25) is 0 Å². The standard InChI is InChI=1S/C12H15BrClN3O/c13-11-8(14)2-1-3-9(11)16-7-12(4-5-12)6-10(15)17-18/h1-3,16,18H,4-7H2,(H2,15,17). The molecule has 0 radical (unpaired) electrons. The van der Waals surface area contributed by atoms with Crippen LogP contribution in [-0.2, 0) is 0 Å². The van der Waals surface area contributed by atoms with Crippen molar-refractivity contribution in [2.75, 3.05) is 11.9 Å². The molecule has 0 aromatic heterocycles. The second-order valence-electron chi connectivity index (χ2n) is 4.72. The van der Waals surface area contributed by atoms with E-state index in [1.54, 1.807) is 0 Å². The largest absolute Gasteiger partial charge is 0.409 e. The van der Waals surface area contributed by atoms with Crippen molar-refractivity contribution in [2.45, 2.75) is 19.3 Å². The first-order chi connectivity index (χ1) is 8.56. The number of nitrogens with two attached hydrogens (primary N) is 1. The van der Waals surface area contributed by atoms with Crippen molar-refractivity contribution in [3.05, 3.63) is 27.7 Å². The van der Waals surface area contributed by atoms with Gasteiger partial charge in [0.25, 0.3) is 0 Å². The first kappa shape index (κ1) is 13.5. The van der Waals surface area contributed by atoms with Crippen molar-refractivity contribution >= 4 is 39.1 Å². The highest BCUT2D eigenvalue weighted by molar-refractivity contribution is 9.10. The lowest BCUT2D eigenvalue weighted by Crippen LogP contribution is -2.23. The summed E-state index contributed by atoms with van der Waals surface area (Å²) in [7, 11) is 0. The van der Waals surface area contributed by atoms with Gasteiger partial charge >= 0.3 is 0 Å². The molecule has 0 spiro atoms. The molecular formula is C12H15BrClN3O. The van der Waals surface area contributed by atoms with E-state index in [1.165, 1.54) is 0 Å². The van der Waals surface area contributed by atoms with E-state index in [-0.39, 0.29) is 5.41 Å². The Balaban J connectivity index is 1.98. The summed E-state index contributed by atoms with van der Waals surface area (Å²) < 4.78 is 0.867. The van der Waals surface area contributed by atoms with Gasteiger partial charge in [-0.05, 0) is 46.3 Å². The molecule has 1 aliphatic rings. The van der Waals surface area contributed by atoms with Crippen LogP contribution in [-0.4, -0.2) is 17.6 Å². The fourth-order valence-corrected chi connectivity index (χ4v) is 2.51. The Morgan fingerprint density at radius 2 is 2.28 bits per heavy atom. The Hall–Kier alpha value is -0.940. The summed E-state index contributed by atoms with van der Waals surface area (Å²) in [5.41, 5.74) is 6.65. The van der Waals surface area contributed by atoms with Gasteiger partial charge in [-0.1, -0.05) is 22.8 Å². The lowest BCUT2D eigenvalue weighted by Gasteiger charge is -2.17. The Bertz CT molecular complexity index is 474. The van der Waals surface area contributed by atoms with Gasteiger partial charge in [0, 0.05) is 18.7 Å². The number of nitrogens with one attached hydrogen (secondary N) is 1. The van der Waals surface area contributed by atoms with E-state index in [1.807, 2.05) is 18.2 Å². The van der Waals surface area contributed by atoms with Crippen LogP contribution in [0.5, 0.6) is 0 Å². The van der Waals surface area contributed by atoms with E-state index >= 15 is 0 Å². The van der Waals surface area contributed by atoms with Crippen molar-refractivity contribution in [2.24, 2.45) is 16.3 Å². The molecule has 1 aromatic carbocycles. The summed E-state index contributed by atoms with van der Waals surface area (Å²) in [6.45, 7) is 0.794. The number of rotatable bonds is 5. The van der Waals surface area contributed by atoms with Crippen LogP contribution in [0.4, 0.5) is 5.69 Å². The molecule has 0 aliphatic heterocycles. The quantitative estimate of drug-likeness (QED) is 0.335. The molecule has 1 aliphatic carbocycles. The van der Waals surface area contributed by atoms with Crippen molar-refractivity contribution in [1.82, 2.24) is 0 Å². The molecule has 4 N–H and O–H groups in total. The smallest absolute Gasteiger partial charge is 0.139 e. The van der Waals surface area contributed by atoms with E-state index < -0.39 is 0 Å². The Labute approximate surface area is 119 Å². The molecule has 0 heterocycles. The predicted molar refractivity (Wildman–Crippen MR) is 77.3 cm³/mol. The second-order valence-corrected chi connectivity index (χ2v) is 5.92. The second kappa shape index (κ2) is 5.36. The number of amidine groups is 1. The number of halogens is 2. The van der Waals surface area contributed by atoms with Crippen LogP contribution in [0.3, 0.4) is 0 Å². The van der Waals surface area contributed by atoms with Crippen molar-refractivity contribution in [1.29, 1.82) is 0 Å². The molecule has 0 saturated heterocycles. The maximum absolute atomic E-state index is 8.61. The molecule has 0 amide bonds. The lowest BCUT2D eigenvalue weighted by molar-refractivity contribution is 0.315. The van der Waals surface area contributed by atoms with Gasteiger partial charge < -0.3 is 16.3 Å². The van der Waals surface area contributed by atoms with Gasteiger partial charge in [0.15, 0.2) is 0 Å². The molecule has 4 nitrogen and oxygen atoms in total. The van der Waals surface area contributed by atoms with E-state index in [4.69, 9.17) is 22.5 Å². The molecule has 6 heteroatoms. The average molecular weight is 333 g/mol. The molecule has 2 rings (SSSR count). The fourth-order valence-electron chi connectivity index (χ4n) is 1.94. The van der Waals surface area contributed by atoms with Gasteiger partial charge in [0.05, 0.1) is 9.50 Å². The first-order valence-corrected chi connectivity index (χ1v) is 6.88. The van der Waals surface area contributed by atoms with Gasteiger partial charge in [0.1, 0.15) is 5.84 Å². The summed E-state index contributed by atoms with van der Waals surface area (Å²) >= 11 is 9.48. The molecule has 1 aromatic rings. The maximum atomic E-state index is 8.61. The number of hydrogen-bond acceptors (Lipinski definition) is 3. The van der Waals surface area contributed by atoms with E-state index in [9.17, 15) is 0 Å². The zero-order chi connectivity index (χ0) is 13.2. The zero-order valence-electron chi connectivity index (χ0n) is 9.79. The molecule has 1 fully saturated rings. The first-order valence-electron chi connectivity index (χ1n) is 5.71. The average Bonchev–Trinajstić information content (AvgIpc) is 3.11. The van der Waals surface area contributed by atoms with Crippen LogP contribution in [0.2, 0.25) is 5.02 Å². The summed E-state index contributed by atoms with van der Waals surface area (Å²) in [6, 6.07) is 5.70. The number of benzene rings is 1. The molecule has 0 unspecified atom stereocenters. The topological polar surface area (TPSA) is 70.6 Å². The van der Waals surface area contributed by atoms with Crippen molar-refractivity contribution < 1.29 is 5.21 Å². The Morgan fingerprint density at radius 3 is 2.89 bits per heavy atom. The van der Waals surface area contributed by atoms with Gasteiger partial charge in [-0.3, -0.25) is 0 Å². The highest BCUT2D eigenvalue weighted by atomic mass is 79.9. The molecular weight excluding hydrogens is 318 g/mol. The van der Waals surface area contributed by atoms with Gasteiger partial charge in [-0.2, -0.15) is 0 Å². The minimum Gasteiger partial charge on any atom is -0.409 e. The van der Waals surface area contributed by atoms with Gasteiger partial charge in [-0.15, -0.1) is 0 Å². The summed E-state index contributed by atoms with van der Waals surface area (Å²) in [5.74, 6) is 0.291. The number of nitrogens with zero attached hydrogens (tertiary/aromatic N) is 1. The van der Waals surface area contributed by atoms with Gasteiger partial charge in [-0.25, -0.2) is 0 Å². The number of anilines is 1. The van der Waals surface area contributed by atoms with E-state index in [0.29, 0.717) is 17.3 Å². The summed E-state index contributed by atoms with van der Waals surface area (Å²) in [5, 5.41) is 15.7. The monoisotopic (exact) mass is 331 g/mol. The minimum atomic E-state index is 0.123. The van der Waals surface area contributed by atoms with Crippen molar-refractivity contribution in [3.63, 3.8) is 0 Å². The highest BCUT2D eigenvalue weighted by Crippen LogP contribution is 2.49. The lowest BCUT2D eigenvalue weighted by atomic mass is 10.0. The fraction of sp³-hybridized carbons (Fsp3) is 0.417. The maximum Gasteiger partial charge on any atom is 0.139 e. The third-order valence-corrected chi connectivity index (χ3v) is 4.64. The number of oxime groups is 1. The molecule has 18 heavy (non-hydrogen) atoms. The molecule has 0 atom stereocenters. The SMILES string of the molecule is N/C(CC1(CNc2cccc(Cl)c2Br)CC1)=N/O. The van der Waals surface area contributed by atoms with Crippen LogP contribution in [0.15, 0.2) is 27.8 Å². The molecule has 0 bridgehead atoms. The van der Waals surface area contributed by atoms with Crippen LogP contribution in [0, 0.1) is 5.41 Å². The van der Waals surface area contributed by atoms with E-state index in [2.05, 4.69) is 26.4 Å². The van der Waals surface area contributed by atoms with Crippen LogP contribution >= 0.6 is 27.5 Å². The Kier molecular flexibility index (Phi) is 4.02. The highest BCUT2D eigenvalue weighted by Gasteiger charge is 2.43. The molecule has 1 saturated carbocycles. The van der Waals surface area contributed by atoms with Crippen LogP contribution in [0.25, 0.3) is 0 Å². The third kappa shape index (κ3) is 3.09. The van der Waals surface area contributed by atoms with Crippen LogP contribution < -0.4 is 11.1 Å². The predicted octanol–water partition coefficient (Wildman–Crippen LogP) is 3.43. The number of hydrogen-bond donors (Lipinski definition) is 3. The zero-order valence-corrected chi connectivity index (χ0v) is 12.1. The van der Waals surface area contributed by atoms with Crippen molar-refractivity contribution in [3.8, 4) is 0 Å². The van der Waals surface area contributed by atoms with E-state index in [0.717, 1.165) is 29.5 Å².